The fourth-order valence-corrected chi connectivity index (χ4v) is 5.29. The van der Waals surface area contributed by atoms with Crippen LogP contribution in [0.2, 0.25) is 0 Å². The fourth-order valence-electron chi connectivity index (χ4n) is 5.29. The average Bonchev–Trinajstić information content (AvgIpc) is 2.90. The van der Waals surface area contributed by atoms with Gasteiger partial charge in [0.15, 0.2) is 0 Å². The first-order valence-corrected chi connectivity index (χ1v) is 11.0. The van der Waals surface area contributed by atoms with Crippen molar-refractivity contribution < 1.29 is 9.18 Å². The van der Waals surface area contributed by atoms with Crippen LogP contribution in [0.4, 0.5) is 4.39 Å². The lowest BCUT2D eigenvalue weighted by molar-refractivity contribution is -0.140. The summed E-state index contributed by atoms with van der Waals surface area (Å²) >= 11 is 0. The normalized spacial score (nSPS) is 28.0. The van der Waals surface area contributed by atoms with Gasteiger partial charge in [-0.3, -0.25) is 14.6 Å². The smallest absolute Gasteiger partial charge is 0.241 e. The van der Waals surface area contributed by atoms with Gasteiger partial charge in [-0.05, 0) is 36.9 Å². The van der Waals surface area contributed by atoms with E-state index in [2.05, 4.69) is 28.7 Å². The molecule has 6 nitrogen and oxygen atoms in total. The largest absolute Gasteiger partial charge is 0.336 e. The number of aromatic nitrogens is 2. The number of piperazine rings is 1. The number of fused-ring (bicyclic) bond motifs is 5. The molecule has 7 heteroatoms. The third kappa shape index (κ3) is 3.54. The second-order valence-corrected chi connectivity index (χ2v) is 9.72. The van der Waals surface area contributed by atoms with Gasteiger partial charge in [-0.15, -0.1) is 0 Å². The molecule has 1 aromatic heterocycles. The molecule has 4 aliphatic rings. The van der Waals surface area contributed by atoms with E-state index in [-0.39, 0.29) is 23.2 Å². The maximum absolute atomic E-state index is 14.5. The van der Waals surface area contributed by atoms with Gasteiger partial charge in [-0.1, -0.05) is 26.0 Å². The van der Waals surface area contributed by atoms with Crippen LogP contribution in [0.15, 0.2) is 30.5 Å². The van der Waals surface area contributed by atoms with Crippen molar-refractivity contribution in [2.75, 3.05) is 39.3 Å². The van der Waals surface area contributed by atoms with Crippen LogP contribution in [0.25, 0.3) is 5.69 Å². The molecule has 2 aromatic rings. The molecule has 6 rings (SSSR count). The minimum absolute atomic E-state index is 0.0554. The number of carbonyl (C=O) groups excluding carboxylic acids is 1. The van der Waals surface area contributed by atoms with E-state index in [0.29, 0.717) is 18.8 Å². The van der Waals surface area contributed by atoms with E-state index in [9.17, 15) is 9.18 Å². The third-order valence-corrected chi connectivity index (χ3v) is 6.75. The van der Waals surface area contributed by atoms with Crippen molar-refractivity contribution in [1.82, 2.24) is 24.5 Å². The van der Waals surface area contributed by atoms with Crippen LogP contribution in [0, 0.1) is 11.2 Å². The Morgan fingerprint density at radius 3 is 2.83 bits per heavy atom. The number of para-hydroxylation sites is 1. The van der Waals surface area contributed by atoms with E-state index in [1.807, 2.05) is 17.2 Å². The number of halogens is 1. The summed E-state index contributed by atoms with van der Waals surface area (Å²) in [5, 5.41) is 4.52. The Balaban J connectivity index is 1.46. The molecule has 30 heavy (non-hydrogen) atoms. The lowest BCUT2D eigenvalue weighted by Crippen LogP contribution is -2.58. The average molecular weight is 412 g/mol. The zero-order chi connectivity index (χ0) is 20.9. The minimum atomic E-state index is -0.283. The van der Waals surface area contributed by atoms with Crippen LogP contribution in [0.1, 0.15) is 31.5 Å². The first-order chi connectivity index (χ1) is 14.4. The van der Waals surface area contributed by atoms with Gasteiger partial charge in [0.2, 0.25) is 5.91 Å². The van der Waals surface area contributed by atoms with E-state index in [0.717, 1.165) is 56.8 Å². The Kier molecular flexibility index (Phi) is 4.90. The number of amides is 1. The molecule has 160 valence electrons. The molecule has 0 saturated carbocycles. The first-order valence-electron chi connectivity index (χ1n) is 11.0. The lowest BCUT2D eigenvalue weighted by Gasteiger charge is -2.40. The molecule has 1 amide bonds. The summed E-state index contributed by atoms with van der Waals surface area (Å²) in [4.78, 5) is 20.5. The van der Waals surface area contributed by atoms with E-state index in [1.165, 1.54) is 6.07 Å². The fraction of sp³-hybridized carbons (Fsp3) is 0.565. The topological polar surface area (TPSA) is 44.6 Å². The van der Waals surface area contributed by atoms with Gasteiger partial charge in [0.25, 0.3) is 0 Å². The molecule has 3 unspecified atom stereocenters. The highest BCUT2D eigenvalue weighted by Crippen LogP contribution is 2.33. The Labute approximate surface area is 177 Å². The second kappa shape index (κ2) is 7.46. The van der Waals surface area contributed by atoms with Gasteiger partial charge < -0.3 is 4.90 Å². The monoisotopic (exact) mass is 411 g/mol. The number of benzene rings is 1. The van der Waals surface area contributed by atoms with E-state index >= 15 is 0 Å². The summed E-state index contributed by atoms with van der Waals surface area (Å²) in [6, 6.07) is 6.69. The van der Waals surface area contributed by atoms with Gasteiger partial charge >= 0.3 is 0 Å². The molecule has 3 saturated heterocycles. The molecule has 5 heterocycles. The van der Waals surface area contributed by atoms with Crippen LogP contribution in [-0.2, 0) is 17.8 Å². The summed E-state index contributed by atoms with van der Waals surface area (Å²) in [5.74, 6) is -0.0594. The molecule has 0 radical (unpaired) electrons. The summed E-state index contributed by atoms with van der Waals surface area (Å²) in [5.41, 5.74) is 2.37. The molecular weight excluding hydrogens is 381 g/mol. The zero-order valence-electron chi connectivity index (χ0n) is 17.9. The lowest BCUT2D eigenvalue weighted by atomic mass is 9.87. The van der Waals surface area contributed by atoms with Gasteiger partial charge in [0.05, 0.1) is 6.20 Å². The number of rotatable bonds is 2. The number of hydrogen-bond acceptors (Lipinski definition) is 4. The molecule has 3 atom stereocenters. The van der Waals surface area contributed by atoms with Crippen molar-refractivity contribution >= 4 is 5.91 Å². The Hall–Kier alpha value is -2.25. The molecule has 0 aliphatic carbocycles. The molecule has 2 bridgehead atoms. The van der Waals surface area contributed by atoms with E-state index in [4.69, 9.17) is 0 Å². The van der Waals surface area contributed by atoms with Crippen molar-refractivity contribution in [3.63, 3.8) is 0 Å². The number of carbonyl (C=O) groups is 1. The van der Waals surface area contributed by atoms with E-state index < -0.39 is 0 Å². The van der Waals surface area contributed by atoms with Crippen molar-refractivity contribution in [3.8, 4) is 5.69 Å². The molecule has 4 aliphatic heterocycles. The van der Waals surface area contributed by atoms with Crippen LogP contribution in [-0.4, -0.2) is 75.7 Å². The molecule has 1 aromatic carbocycles. The molecule has 3 fully saturated rings. The predicted octanol–water partition coefficient (Wildman–Crippen LogP) is 2.31. The highest BCUT2D eigenvalue weighted by atomic mass is 19.1. The summed E-state index contributed by atoms with van der Waals surface area (Å²) in [6.07, 6.45) is 3.70. The molecular formula is C23H30FN5O. The Bertz CT molecular complexity index is 951. The molecule has 0 N–H and O–H groups in total. The summed E-state index contributed by atoms with van der Waals surface area (Å²) < 4.78 is 16.2. The third-order valence-electron chi connectivity index (χ3n) is 6.75. The number of nitrogens with zero attached hydrogens (tertiary/aromatic N) is 5. The Morgan fingerprint density at radius 1 is 1.17 bits per heavy atom. The first kappa shape index (κ1) is 19.7. The SMILES string of the molecule is CC1(C)Cc2c(cnn2-c2ccccc2F)CN(C(=O)C2CN3CCCN2CC3)C1. The van der Waals surface area contributed by atoms with Crippen molar-refractivity contribution in [1.29, 1.82) is 0 Å². The van der Waals surface area contributed by atoms with Crippen LogP contribution in [0.5, 0.6) is 0 Å². The minimum Gasteiger partial charge on any atom is -0.336 e. The van der Waals surface area contributed by atoms with Gasteiger partial charge in [-0.2, -0.15) is 5.10 Å². The van der Waals surface area contributed by atoms with E-state index in [1.54, 1.807) is 16.8 Å². The highest BCUT2D eigenvalue weighted by Gasteiger charge is 2.40. The molecule has 0 spiro atoms. The zero-order valence-corrected chi connectivity index (χ0v) is 17.9. The summed E-state index contributed by atoms with van der Waals surface area (Å²) in [7, 11) is 0. The van der Waals surface area contributed by atoms with Gasteiger partial charge in [-0.25, -0.2) is 9.07 Å². The van der Waals surface area contributed by atoms with Crippen molar-refractivity contribution in [2.24, 2.45) is 5.41 Å². The number of hydrogen-bond donors (Lipinski definition) is 0. The predicted molar refractivity (Wildman–Crippen MR) is 113 cm³/mol. The quantitative estimate of drug-likeness (QED) is 0.761. The van der Waals surface area contributed by atoms with Crippen LogP contribution in [0.3, 0.4) is 0 Å². The van der Waals surface area contributed by atoms with Crippen LogP contribution < -0.4 is 0 Å². The van der Waals surface area contributed by atoms with Crippen LogP contribution >= 0.6 is 0 Å². The van der Waals surface area contributed by atoms with Crippen molar-refractivity contribution in [2.45, 2.75) is 39.3 Å². The Morgan fingerprint density at radius 2 is 2.00 bits per heavy atom. The van der Waals surface area contributed by atoms with Crippen molar-refractivity contribution in [3.05, 3.63) is 47.5 Å². The van der Waals surface area contributed by atoms with Gasteiger partial charge in [0.1, 0.15) is 17.5 Å². The van der Waals surface area contributed by atoms with Gasteiger partial charge in [0, 0.05) is 50.5 Å². The highest BCUT2D eigenvalue weighted by molar-refractivity contribution is 5.82. The standard InChI is InChI=1S/C23H30FN5O/c1-23(2)12-20-17(13-25-29(20)19-7-4-3-6-18(19)24)14-28(16-23)22(30)21-15-26-8-5-9-27(21)11-10-26/h3-4,6-7,13,21H,5,8-12,14-16H2,1-2H3. The maximum Gasteiger partial charge on any atom is 0.241 e. The summed E-state index contributed by atoms with van der Waals surface area (Å²) in [6.45, 7) is 10.6. The maximum atomic E-state index is 14.5. The second-order valence-electron chi connectivity index (χ2n) is 9.72.